The Kier molecular flexibility index (Phi) is 3.51. The number of alkyl halides is 1. The summed E-state index contributed by atoms with van der Waals surface area (Å²) >= 11 is 0. The minimum absolute atomic E-state index is 0.494. The third-order valence-corrected chi connectivity index (χ3v) is 3.75. The molecule has 2 aromatic rings. The Bertz CT molecular complexity index is 770. The lowest BCUT2D eigenvalue weighted by atomic mass is 9.78. The molecular weight excluding hydrogens is 281 g/mol. The average molecular weight is 295 g/mol. The number of nitriles is 1. The van der Waals surface area contributed by atoms with Crippen molar-refractivity contribution in [1.82, 2.24) is 9.78 Å². The second kappa shape index (κ2) is 5.49. The van der Waals surface area contributed by atoms with E-state index in [-0.39, 0.29) is 0 Å². The van der Waals surface area contributed by atoms with E-state index in [1.54, 1.807) is 54.4 Å². The van der Waals surface area contributed by atoms with Crippen molar-refractivity contribution in [1.29, 1.82) is 5.26 Å². The summed E-state index contributed by atoms with van der Waals surface area (Å²) in [7, 11) is 1.59. The van der Waals surface area contributed by atoms with Crippen molar-refractivity contribution in [2.75, 3.05) is 7.11 Å². The summed E-state index contributed by atoms with van der Waals surface area (Å²) in [5.41, 5.74) is -0.135. The van der Waals surface area contributed by atoms with Gasteiger partial charge in [0.25, 0.3) is 0 Å². The maximum atomic E-state index is 14.5. The molecule has 0 aliphatic heterocycles. The fourth-order valence-corrected chi connectivity index (χ4v) is 2.54. The van der Waals surface area contributed by atoms with Gasteiger partial charge in [0.2, 0.25) is 0 Å². The van der Waals surface area contributed by atoms with Crippen LogP contribution in [0.5, 0.6) is 5.75 Å². The van der Waals surface area contributed by atoms with Gasteiger partial charge in [-0.1, -0.05) is 18.2 Å². The number of hydrogen-bond acceptors (Lipinski definition) is 3. The number of ether oxygens (including phenoxy) is 1. The monoisotopic (exact) mass is 295 g/mol. The number of benzene rings is 1. The van der Waals surface area contributed by atoms with Crippen LogP contribution in [0, 0.1) is 11.3 Å². The Morgan fingerprint density at radius 3 is 2.68 bits per heavy atom. The Hall–Kier alpha value is -2.87. The molecule has 0 bridgehead atoms. The van der Waals surface area contributed by atoms with E-state index in [0.29, 0.717) is 5.69 Å². The van der Waals surface area contributed by atoms with Crippen LogP contribution in [0.3, 0.4) is 0 Å². The van der Waals surface area contributed by atoms with Crippen LogP contribution < -0.4 is 4.74 Å². The fourth-order valence-electron chi connectivity index (χ4n) is 2.54. The lowest BCUT2D eigenvalue weighted by molar-refractivity contribution is 0.314. The molecule has 1 heterocycles. The molecule has 22 heavy (non-hydrogen) atoms. The third-order valence-electron chi connectivity index (χ3n) is 3.75. The molecule has 3 rings (SSSR count). The van der Waals surface area contributed by atoms with Crippen molar-refractivity contribution >= 4 is 0 Å². The second-order valence-electron chi connectivity index (χ2n) is 4.95. The van der Waals surface area contributed by atoms with Crippen molar-refractivity contribution in [3.63, 3.8) is 0 Å². The fraction of sp³-hybridized carbons (Fsp3) is 0.176. The number of aromatic nitrogens is 2. The molecule has 0 radical (unpaired) electrons. The Morgan fingerprint density at radius 1 is 1.27 bits per heavy atom. The van der Waals surface area contributed by atoms with Gasteiger partial charge in [0, 0.05) is 6.20 Å². The largest absolute Gasteiger partial charge is 0.497 e. The predicted molar refractivity (Wildman–Crippen MR) is 80.6 cm³/mol. The molecule has 1 aliphatic carbocycles. The maximum Gasteiger partial charge on any atom is 0.152 e. The van der Waals surface area contributed by atoms with Gasteiger partial charge in [0.1, 0.15) is 11.9 Å². The molecule has 1 aliphatic rings. The van der Waals surface area contributed by atoms with Crippen molar-refractivity contribution < 1.29 is 9.13 Å². The number of nitrogens with zero attached hydrogens (tertiary/aromatic N) is 3. The van der Waals surface area contributed by atoms with Crippen LogP contribution >= 0.6 is 0 Å². The smallest absolute Gasteiger partial charge is 0.152 e. The van der Waals surface area contributed by atoms with Gasteiger partial charge in [-0.2, -0.15) is 10.4 Å². The Morgan fingerprint density at radius 2 is 2.05 bits per heavy atom. The number of allylic oxidation sites excluding steroid dienone is 4. The van der Waals surface area contributed by atoms with Gasteiger partial charge in [0.05, 0.1) is 24.6 Å². The van der Waals surface area contributed by atoms with Crippen molar-refractivity contribution in [2.24, 2.45) is 0 Å². The van der Waals surface area contributed by atoms with Gasteiger partial charge in [-0.05, 0) is 36.4 Å². The topological polar surface area (TPSA) is 50.8 Å². The van der Waals surface area contributed by atoms with E-state index in [0.717, 1.165) is 11.4 Å². The minimum Gasteiger partial charge on any atom is -0.497 e. The minimum atomic E-state index is -1.42. The lowest BCUT2D eigenvalue weighted by Crippen LogP contribution is -2.35. The van der Waals surface area contributed by atoms with Crippen molar-refractivity contribution in [3.8, 4) is 17.5 Å². The molecule has 0 fully saturated rings. The number of hydrogen-bond donors (Lipinski definition) is 0. The molecule has 2 atom stereocenters. The molecule has 0 spiro atoms. The summed E-state index contributed by atoms with van der Waals surface area (Å²) in [5, 5.41) is 13.8. The molecule has 0 amide bonds. The van der Waals surface area contributed by atoms with Crippen molar-refractivity contribution in [2.45, 2.75) is 11.6 Å². The zero-order chi connectivity index (χ0) is 15.6. The Balaban J connectivity index is 2.10. The number of halogens is 1. The first-order chi connectivity index (χ1) is 10.7. The molecule has 1 aromatic heterocycles. The highest BCUT2D eigenvalue weighted by atomic mass is 19.1. The van der Waals surface area contributed by atoms with Crippen LogP contribution in [-0.2, 0) is 5.41 Å². The highest BCUT2D eigenvalue weighted by molar-refractivity contribution is 5.46. The van der Waals surface area contributed by atoms with Gasteiger partial charge in [0.15, 0.2) is 5.41 Å². The van der Waals surface area contributed by atoms with E-state index < -0.39 is 11.6 Å². The SMILES string of the molecule is COc1ccc(-n2nccc2C2(C#N)C=CC=CC2F)cc1. The molecule has 0 N–H and O–H groups in total. The second-order valence-corrected chi connectivity index (χ2v) is 4.95. The molecule has 0 saturated heterocycles. The Labute approximate surface area is 127 Å². The number of methoxy groups -OCH3 is 1. The van der Waals surface area contributed by atoms with Crippen molar-refractivity contribution in [3.05, 3.63) is 66.5 Å². The summed E-state index contributed by atoms with van der Waals surface area (Å²) in [6.07, 6.45) is 6.40. The third kappa shape index (κ3) is 2.09. The first-order valence-corrected chi connectivity index (χ1v) is 6.81. The van der Waals surface area contributed by atoms with Gasteiger partial charge in [-0.15, -0.1) is 0 Å². The van der Waals surface area contributed by atoms with E-state index >= 15 is 0 Å². The van der Waals surface area contributed by atoms with E-state index in [1.807, 2.05) is 12.1 Å². The first kappa shape index (κ1) is 14.1. The van der Waals surface area contributed by atoms with Crippen LogP contribution in [0.15, 0.2) is 60.8 Å². The van der Waals surface area contributed by atoms with Gasteiger partial charge in [-0.3, -0.25) is 0 Å². The highest BCUT2D eigenvalue weighted by Crippen LogP contribution is 2.35. The van der Waals surface area contributed by atoms with E-state index in [9.17, 15) is 9.65 Å². The predicted octanol–water partition coefficient (Wildman–Crippen LogP) is 3.11. The van der Waals surface area contributed by atoms with Crippen LogP contribution in [0.4, 0.5) is 4.39 Å². The average Bonchev–Trinajstić information content (AvgIpc) is 3.06. The summed E-state index contributed by atoms with van der Waals surface area (Å²) in [6, 6.07) is 11.0. The molecule has 4 nitrogen and oxygen atoms in total. The molecule has 2 unspecified atom stereocenters. The van der Waals surface area contributed by atoms with Crippen LogP contribution in [0.25, 0.3) is 5.69 Å². The van der Waals surface area contributed by atoms with Crippen LogP contribution in [0.1, 0.15) is 5.69 Å². The molecule has 1 aromatic carbocycles. The normalized spacial score (nSPS) is 23.2. The highest BCUT2D eigenvalue weighted by Gasteiger charge is 2.42. The number of rotatable bonds is 3. The summed E-state index contributed by atoms with van der Waals surface area (Å²) in [5.74, 6) is 0.719. The first-order valence-electron chi connectivity index (χ1n) is 6.81. The molecule has 0 saturated carbocycles. The van der Waals surface area contributed by atoms with Gasteiger partial charge < -0.3 is 4.74 Å². The summed E-state index contributed by atoms with van der Waals surface area (Å²) < 4.78 is 21.2. The van der Waals surface area contributed by atoms with E-state index in [2.05, 4.69) is 11.2 Å². The maximum absolute atomic E-state index is 14.5. The lowest BCUT2D eigenvalue weighted by Gasteiger charge is -2.27. The van der Waals surface area contributed by atoms with Gasteiger partial charge >= 0.3 is 0 Å². The molecular formula is C17H14FN3O. The zero-order valence-electron chi connectivity index (χ0n) is 12.0. The molecule has 5 heteroatoms. The van der Waals surface area contributed by atoms with Crippen LogP contribution in [0.2, 0.25) is 0 Å². The van der Waals surface area contributed by atoms with E-state index in [4.69, 9.17) is 4.74 Å². The molecule has 110 valence electrons. The summed E-state index contributed by atoms with van der Waals surface area (Å²) in [4.78, 5) is 0. The zero-order valence-corrected chi connectivity index (χ0v) is 12.0. The standard InChI is InChI=1S/C17H14FN3O/c1-22-14-7-5-13(6-8-14)21-16(9-11-20-21)17(12-19)10-3-2-4-15(17)18/h2-11,15H,1H3. The van der Waals surface area contributed by atoms with Crippen LogP contribution in [-0.4, -0.2) is 23.1 Å². The quantitative estimate of drug-likeness (QED) is 0.874. The van der Waals surface area contributed by atoms with Gasteiger partial charge in [-0.25, -0.2) is 9.07 Å². The summed E-state index contributed by atoms with van der Waals surface area (Å²) in [6.45, 7) is 0. The van der Waals surface area contributed by atoms with E-state index in [1.165, 1.54) is 6.08 Å².